The highest BCUT2D eigenvalue weighted by atomic mass is 35.5. The fraction of sp³-hybridized carbons (Fsp3) is 0.560. The van der Waals surface area contributed by atoms with Crippen molar-refractivity contribution in [2.24, 2.45) is 5.92 Å². The van der Waals surface area contributed by atoms with Gasteiger partial charge in [0.1, 0.15) is 11.3 Å². The molecule has 4 atom stereocenters. The summed E-state index contributed by atoms with van der Waals surface area (Å²) in [5.74, 6) is 1.52. The van der Waals surface area contributed by atoms with Crippen LogP contribution >= 0.6 is 35.6 Å². The molecule has 5 rings (SSSR count). The van der Waals surface area contributed by atoms with Crippen LogP contribution in [0.5, 0.6) is 0 Å². The summed E-state index contributed by atoms with van der Waals surface area (Å²) in [6, 6.07) is 6.88. The number of nitrogens with zero attached hydrogens (tertiary/aromatic N) is 6. The molecule has 2 aromatic heterocycles. The summed E-state index contributed by atoms with van der Waals surface area (Å²) in [5.41, 5.74) is 3.47. The van der Waals surface area contributed by atoms with Gasteiger partial charge in [0.15, 0.2) is 5.65 Å². The summed E-state index contributed by atoms with van der Waals surface area (Å²) in [4.78, 5) is 15.0. The molecule has 3 aromatic rings. The Balaban J connectivity index is 0.00000274. The lowest BCUT2D eigenvalue weighted by Gasteiger charge is -2.43. The molecule has 0 spiro atoms. The monoisotopic (exact) mass is 522 g/mol. The van der Waals surface area contributed by atoms with Crippen molar-refractivity contribution in [2.45, 2.75) is 65.1 Å². The number of aromatic nitrogens is 4. The third-order valence-electron chi connectivity index (χ3n) is 7.55. The molecule has 2 saturated heterocycles. The van der Waals surface area contributed by atoms with E-state index >= 15 is 0 Å². The standard InChI is InChI=1S/C25H32Cl2N6.ClH/c1-15-14-31(11-9-22(15)32-10-5-6-16(32)2)23-13-28-24-17(3)30-33(25(24)29-23)18(4)20-8-7-19(26)12-21(20)27;/h7-8,12-13,15-16,18,22H,5-6,9-11,14H2,1-4H3;1H/t15-,16+,18-,22+;/m1./s1. The van der Waals surface area contributed by atoms with E-state index in [-0.39, 0.29) is 18.4 Å². The van der Waals surface area contributed by atoms with Crippen molar-refractivity contribution in [3.05, 3.63) is 45.7 Å². The van der Waals surface area contributed by atoms with Gasteiger partial charge in [-0.25, -0.2) is 14.6 Å². The minimum Gasteiger partial charge on any atom is -0.355 e. The van der Waals surface area contributed by atoms with Crippen LogP contribution in [0.1, 0.15) is 57.3 Å². The summed E-state index contributed by atoms with van der Waals surface area (Å²) >= 11 is 12.6. The minimum absolute atomic E-state index is 0. The first-order valence-electron chi connectivity index (χ1n) is 12.0. The molecule has 0 amide bonds. The van der Waals surface area contributed by atoms with E-state index in [0.29, 0.717) is 28.0 Å². The number of benzene rings is 1. The van der Waals surface area contributed by atoms with Crippen molar-refractivity contribution in [3.8, 4) is 0 Å². The molecule has 9 heteroatoms. The van der Waals surface area contributed by atoms with E-state index in [0.717, 1.165) is 41.3 Å². The van der Waals surface area contributed by atoms with Gasteiger partial charge in [-0.05, 0) is 70.2 Å². The first kappa shape index (κ1) is 25.5. The summed E-state index contributed by atoms with van der Waals surface area (Å²) < 4.78 is 1.94. The molecule has 0 aliphatic carbocycles. The van der Waals surface area contributed by atoms with Crippen molar-refractivity contribution < 1.29 is 0 Å². The van der Waals surface area contributed by atoms with Crippen LogP contribution in [0.25, 0.3) is 11.2 Å². The van der Waals surface area contributed by atoms with Gasteiger partial charge in [0.2, 0.25) is 0 Å². The molecule has 1 aromatic carbocycles. The fourth-order valence-electron chi connectivity index (χ4n) is 5.72. The number of anilines is 1. The maximum Gasteiger partial charge on any atom is 0.179 e. The lowest BCUT2D eigenvalue weighted by molar-refractivity contribution is 0.122. The van der Waals surface area contributed by atoms with E-state index in [1.165, 1.54) is 25.8 Å². The molecule has 2 fully saturated rings. The van der Waals surface area contributed by atoms with E-state index in [1.54, 1.807) is 6.07 Å². The van der Waals surface area contributed by atoms with Gasteiger partial charge in [-0.15, -0.1) is 12.4 Å². The highest BCUT2D eigenvalue weighted by Gasteiger charge is 2.35. The maximum absolute atomic E-state index is 6.51. The van der Waals surface area contributed by atoms with Gasteiger partial charge < -0.3 is 4.90 Å². The second kappa shape index (κ2) is 10.2. The first-order chi connectivity index (χ1) is 15.8. The van der Waals surface area contributed by atoms with Crippen LogP contribution in [0.4, 0.5) is 5.82 Å². The molecule has 0 N–H and O–H groups in total. The average Bonchev–Trinajstić information content (AvgIpc) is 3.36. The van der Waals surface area contributed by atoms with Gasteiger partial charge >= 0.3 is 0 Å². The second-order valence-electron chi connectivity index (χ2n) is 9.78. The molecular weight excluding hydrogens is 491 g/mol. The Labute approximate surface area is 218 Å². The Hall–Kier alpha value is -1.60. The molecule has 4 heterocycles. The first-order valence-corrected chi connectivity index (χ1v) is 12.8. The predicted molar refractivity (Wildman–Crippen MR) is 143 cm³/mol. The van der Waals surface area contributed by atoms with E-state index in [4.69, 9.17) is 38.3 Å². The summed E-state index contributed by atoms with van der Waals surface area (Å²) in [5, 5.41) is 6.04. The number of hydrogen-bond acceptors (Lipinski definition) is 5. The highest BCUT2D eigenvalue weighted by Crippen LogP contribution is 2.33. The Bertz CT molecular complexity index is 1170. The third-order valence-corrected chi connectivity index (χ3v) is 8.12. The Morgan fingerprint density at radius 2 is 1.91 bits per heavy atom. The van der Waals surface area contributed by atoms with E-state index in [2.05, 4.69) is 30.6 Å². The summed E-state index contributed by atoms with van der Waals surface area (Å²) in [6.07, 6.45) is 5.73. The quantitative estimate of drug-likeness (QED) is 0.409. The Morgan fingerprint density at radius 1 is 1.12 bits per heavy atom. The maximum atomic E-state index is 6.51. The molecule has 34 heavy (non-hydrogen) atoms. The molecule has 184 valence electrons. The largest absolute Gasteiger partial charge is 0.355 e. The topological polar surface area (TPSA) is 50.1 Å². The van der Waals surface area contributed by atoms with Crippen LogP contribution in [0, 0.1) is 12.8 Å². The molecule has 2 aliphatic rings. The predicted octanol–water partition coefficient (Wildman–Crippen LogP) is 6.17. The SMILES string of the molecule is Cc1nn([C@H](C)c2ccc(Cl)cc2Cl)c2nc(N3CC[C@H](N4CCC[C@@H]4C)[C@H](C)C3)cnc12.Cl. The normalized spacial score (nSPS) is 24.4. The number of piperidine rings is 1. The van der Waals surface area contributed by atoms with Crippen molar-refractivity contribution in [1.82, 2.24) is 24.6 Å². The highest BCUT2D eigenvalue weighted by molar-refractivity contribution is 6.35. The van der Waals surface area contributed by atoms with Crippen LogP contribution in [0.3, 0.4) is 0 Å². The van der Waals surface area contributed by atoms with Gasteiger partial charge in [-0.2, -0.15) is 5.10 Å². The molecule has 0 radical (unpaired) electrons. The van der Waals surface area contributed by atoms with Crippen LogP contribution in [0.15, 0.2) is 24.4 Å². The summed E-state index contributed by atoms with van der Waals surface area (Å²) in [6.45, 7) is 12.1. The van der Waals surface area contributed by atoms with E-state index in [1.807, 2.05) is 29.9 Å². The van der Waals surface area contributed by atoms with Crippen LogP contribution in [-0.4, -0.2) is 56.4 Å². The van der Waals surface area contributed by atoms with Crippen molar-refractivity contribution in [3.63, 3.8) is 0 Å². The molecular formula is C25H33Cl3N6. The van der Waals surface area contributed by atoms with Crippen molar-refractivity contribution >= 4 is 52.6 Å². The van der Waals surface area contributed by atoms with Gasteiger partial charge in [0.25, 0.3) is 0 Å². The Morgan fingerprint density at radius 3 is 2.59 bits per heavy atom. The zero-order valence-corrected chi connectivity index (χ0v) is 22.5. The molecule has 6 nitrogen and oxygen atoms in total. The number of aryl methyl sites for hydroxylation is 1. The van der Waals surface area contributed by atoms with Crippen molar-refractivity contribution in [2.75, 3.05) is 24.5 Å². The lowest BCUT2D eigenvalue weighted by atomic mass is 9.92. The van der Waals surface area contributed by atoms with Gasteiger partial charge in [-0.1, -0.05) is 36.2 Å². The number of likely N-dealkylation sites (tertiary alicyclic amines) is 1. The number of hydrogen-bond donors (Lipinski definition) is 0. The third kappa shape index (κ3) is 4.62. The Kier molecular flexibility index (Phi) is 7.63. The average molecular weight is 524 g/mol. The minimum atomic E-state index is -0.0863. The van der Waals surface area contributed by atoms with Crippen LogP contribution in [-0.2, 0) is 0 Å². The fourth-order valence-corrected chi connectivity index (χ4v) is 6.28. The van der Waals surface area contributed by atoms with E-state index < -0.39 is 0 Å². The van der Waals surface area contributed by atoms with Gasteiger partial charge in [-0.3, -0.25) is 4.90 Å². The number of fused-ring (bicyclic) bond motifs is 1. The van der Waals surface area contributed by atoms with Gasteiger partial charge in [0.05, 0.1) is 17.9 Å². The molecule has 0 unspecified atom stereocenters. The zero-order valence-electron chi connectivity index (χ0n) is 20.2. The molecule has 0 bridgehead atoms. The van der Waals surface area contributed by atoms with Crippen LogP contribution in [0.2, 0.25) is 10.0 Å². The van der Waals surface area contributed by atoms with E-state index in [9.17, 15) is 0 Å². The smallest absolute Gasteiger partial charge is 0.179 e. The second-order valence-corrected chi connectivity index (χ2v) is 10.6. The van der Waals surface area contributed by atoms with Crippen LogP contribution < -0.4 is 4.90 Å². The number of halogens is 3. The van der Waals surface area contributed by atoms with Crippen molar-refractivity contribution in [1.29, 1.82) is 0 Å². The zero-order chi connectivity index (χ0) is 23.3. The molecule has 0 saturated carbocycles. The molecule has 2 aliphatic heterocycles. The van der Waals surface area contributed by atoms with Gasteiger partial charge in [0, 0.05) is 35.2 Å². The lowest BCUT2D eigenvalue weighted by Crippen LogP contribution is -2.51. The summed E-state index contributed by atoms with van der Waals surface area (Å²) in [7, 11) is 0. The number of rotatable bonds is 4.